The van der Waals surface area contributed by atoms with Crippen molar-refractivity contribution in [1.82, 2.24) is 15.1 Å². The van der Waals surface area contributed by atoms with Crippen molar-refractivity contribution in [3.05, 3.63) is 17.5 Å². The Kier molecular flexibility index (Phi) is 5.69. The van der Waals surface area contributed by atoms with E-state index < -0.39 is 0 Å². The molecule has 1 aromatic rings. The fourth-order valence-corrected chi connectivity index (χ4v) is 1.40. The zero-order chi connectivity index (χ0) is 12.7. The van der Waals surface area contributed by atoms with E-state index in [1.807, 2.05) is 24.9 Å². The van der Waals surface area contributed by atoms with Gasteiger partial charge in [-0.2, -0.15) is 5.10 Å². The fourth-order valence-electron chi connectivity index (χ4n) is 1.40. The van der Waals surface area contributed by atoms with Gasteiger partial charge >= 0.3 is 5.97 Å². The minimum atomic E-state index is -0.194. The number of carbonyl (C=O) groups excluding carboxylic acids is 1. The van der Waals surface area contributed by atoms with E-state index in [0.29, 0.717) is 13.2 Å². The van der Waals surface area contributed by atoms with Gasteiger partial charge < -0.3 is 10.1 Å². The van der Waals surface area contributed by atoms with Gasteiger partial charge in [0.25, 0.3) is 0 Å². The number of aromatic nitrogens is 2. The number of carbonyl (C=O) groups is 1. The zero-order valence-corrected chi connectivity index (χ0v) is 10.8. The van der Waals surface area contributed by atoms with Gasteiger partial charge in [-0.25, -0.2) is 0 Å². The molecule has 0 radical (unpaired) electrons. The highest BCUT2D eigenvalue weighted by molar-refractivity contribution is 5.71. The molecule has 1 N–H and O–H groups in total. The summed E-state index contributed by atoms with van der Waals surface area (Å²) in [4.78, 5) is 11.3. The summed E-state index contributed by atoms with van der Waals surface area (Å²) >= 11 is 0. The number of hydrogen-bond acceptors (Lipinski definition) is 4. The highest BCUT2D eigenvalue weighted by Crippen LogP contribution is 2.04. The molecule has 1 aromatic heterocycles. The van der Waals surface area contributed by atoms with Crippen LogP contribution in [0.15, 0.2) is 6.20 Å². The maximum atomic E-state index is 11.3. The molecule has 96 valence electrons. The van der Waals surface area contributed by atoms with Crippen molar-refractivity contribution < 1.29 is 9.53 Å². The number of unbranched alkanes of at least 4 members (excludes halogenated alkanes) is 1. The Morgan fingerprint density at radius 2 is 2.35 bits per heavy atom. The Bertz CT molecular complexity index is 361. The van der Waals surface area contributed by atoms with Crippen molar-refractivity contribution in [3.63, 3.8) is 0 Å². The van der Waals surface area contributed by atoms with Gasteiger partial charge in [-0.3, -0.25) is 9.48 Å². The largest absolute Gasteiger partial charge is 0.465 e. The van der Waals surface area contributed by atoms with Crippen molar-refractivity contribution >= 4 is 5.97 Å². The summed E-state index contributed by atoms with van der Waals surface area (Å²) in [6.07, 6.45) is 3.77. The number of nitrogens with zero attached hydrogens (tertiary/aromatic N) is 2. The molecule has 1 heterocycles. The van der Waals surface area contributed by atoms with Crippen LogP contribution in [0.25, 0.3) is 0 Å². The second-order valence-electron chi connectivity index (χ2n) is 4.06. The maximum absolute atomic E-state index is 11.3. The maximum Gasteiger partial charge on any atom is 0.319 e. The Balaban J connectivity index is 2.19. The zero-order valence-electron chi connectivity index (χ0n) is 10.8. The van der Waals surface area contributed by atoms with Crippen molar-refractivity contribution in [2.75, 3.05) is 13.2 Å². The van der Waals surface area contributed by atoms with Gasteiger partial charge in [-0.05, 0) is 13.3 Å². The van der Waals surface area contributed by atoms with Gasteiger partial charge in [0.15, 0.2) is 0 Å². The van der Waals surface area contributed by atoms with E-state index in [9.17, 15) is 4.79 Å². The molecule has 0 amide bonds. The average molecular weight is 239 g/mol. The lowest BCUT2D eigenvalue weighted by Crippen LogP contribution is -2.24. The van der Waals surface area contributed by atoms with E-state index >= 15 is 0 Å². The molecule has 0 bridgehead atoms. The van der Waals surface area contributed by atoms with Crippen molar-refractivity contribution in [1.29, 1.82) is 0 Å². The van der Waals surface area contributed by atoms with Crippen LogP contribution in [-0.4, -0.2) is 28.9 Å². The molecule has 17 heavy (non-hydrogen) atoms. The number of esters is 1. The van der Waals surface area contributed by atoms with E-state index in [0.717, 1.165) is 24.1 Å². The second-order valence-corrected chi connectivity index (χ2v) is 4.06. The molecular weight excluding hydrogens is 218 g/mol. The Morgan fingerprint density at radius 1 is 1.59 bits per heavy atom. The molecule has 0 aliphatic rings. The summed E-state index contributed by atoms with van der Waals surface area (Å²) in [6, 6.07) is 0. The van der Waals surface area contributed by atoms with Crippen molar-refractivity contribution in [3.8, 4) is 0 Å². The lowest BCUT2D eigenvalue weighted by atomic mass is 10.2. The Morgan fingerprint density at radius 3 is 2.94 bits per heavy atom. The minimum Gasteiger partial charge on any atom is -0.465 e. The molecule has 0 aliphatic heterocycles. The monoisotopic (exact) mass is 239 g/mol. The quantitative estimate of drug-likeness (QED) is 0.573. The first kappa shape index (κ1) is 13.7. The van der Waals surface area contributed by atoms with Crippen LogP contribution < -0.4 is 5.32 Å². The summed E-state index contributed by atoms with van der Waals surface area (Å²) in [7, 11) is 1.90. The molecule has 0 saturated heterocycles. The first-order chi connectivity index (χ1) is 8.15. The van der Waals surface area contributed by atoms with E-state index in [1.54, 1.807) is 0 Å². The predicted molar refractivity (Wildman–Crippen MR) is 65.5 cm³/mol. The van der Waals surface area contributed by atoms with Gasteiger partial charge in [0, 0.05) is 24.8 Å². The molecule has 0 atom stereocenters. The molecule has 5 nitrogen and oxygen atoms in total. The van der Waals surface area contributed by atoms with E-state index in [2.05, 4.69) is 17.3 Å². The van der Waals surface area contributed by atoms with Crippen LogP contribution in [0.2, 0.25) is 0 Å². The summed E-state index contributed by atoms with van der Waals surface area (Å²) < 4.78 is 6.85. The summed E-state index contributed by atoms with van der Waals surface area (Å²) in [5.41, 5.74) is 2.21. The highest BCUT2D eigenvalue weighted by atomic mass is 16.5. The van der Waals surface area contributed by atoms with Crippen molar-refractivity contribution in [2.45, 2.75) is 33.2 Å². The van der Waals surface area contributed by atoms with E-state index in [4.69, 9.17) is 4.74 Å². The number of nitrogens with one attached hydrogen (secondary N) is 1. The van der Waals surface area contributed by atoms with Gasteiger partial charge in [0.2, 0.25) is 0 Å². The molecule has 0 aliphatic carbocycles. The molecule has 5 heteroatoms. The fraction of sp³-hybridized carbons (Fsp3) is 0.667. The van der Waals surface area contributed by atoms with Crippen LogP contribution in [0.4, 0.5) is 0 Å². The molecule has 1 rings (SSSR count). The highest BCUT2D eigenvalue weighted by Gasteiger charge is 2.05. The van der Waals surface area contributed by atoms with Crippen LogP contribution in [0.3, 0.4) is 0 Å². The van der Waals surface area contributed by atoms with Crippen molar-refractivity contribution in [2.24, 2.45) is 7.05 Å². The summed E-state index contributed by atoms with van der Waals surface area (Å²) in [5.74, 6) is -0.194. The molecule has 0 saturated carbocycles. The molecule has 0 fully saturated rings. The number of aryl methyl sites for hydroxylation is 1. The lowest BCUT2D eigenvalue weighted by Gasteiger charge is -2.05. The van der Waals surface area contributed by atoms with Crippen LogP contribution in [-0.2, 0) is 23.1 Å². The SMILES string of the molecule is CCCCOC(=O)CNCc1cnn(C)c1C. The van der Waals surface area contributed by atoms with Crippen LogP contribution in [0, 0.1) is 6.92 Å². The third-order valence-electron chi connectivity index (χ3n) is 2.68. The van der Waals surface area contributed by atoms with Crippen LogP contribution in [0.5, 0.6) is 0 Å². The normalized spacial score (nSPS) is 10.5. The molecule has 0 aromatic carbocycles. The van der Waals surface area contributed by atoms with Gasteiger partial charge in [0.05, 0.1) is 19.3 Å². The Hall–Kier alpha value is -1.36. The van der Waals surface area contributed by atoms with Crippen LogP contribution >= 0.6 is 0 Å². The molecular formula is C12H21N3O2. The third kappa shape index (κ3) is 4.56. The lowest BCUT2D eigenvalue weighted by molar-refractivity contribution is -0.142. The first-order valence-electron chi connectivity index (χ1n) is 5.99. The molecule has 0 spiro atoms. The topological polar surface area (TPSA) is 56.1 Å². The number of ether oxygens (including phenoxy) is 1. The van der Waals surface area contributed by atoms with Gasteiger partial charge in [0.1, 0.15) is 0 Å². The summed E-state index contributed by atoms with van der Waals surface area (Å²) in [5, 5.41) is 7.19. The first-order valence-corrected chi connectivity index (χ1v) is 5.99. The number of hydrogen-bond donors (Lipinski definition) is 1. The van der Waals surface area contributed by atoms with Gasteiger partial charge in [-0.1, -0.05) is 13.3 Å². The number of rotatable bonds is 7. The van der Waals surface area contributed by atoms with E-state index in [1.165, 1.54) is 0 Å². The molecule has 0 unspecified atom stereocenters. The smallest absolute Gasteiger partial charge is 0.319 e. The minimum absolute atomic E-state index is 0.194. The predicted octanol–water partition coefficient (Wildman–Crippen LogP) is 1.16. The Labute approximate surface area is 102 Å². The third-order valence-corrected chi connectivity index (χ3v) is 2.68. The summed E-state index contributed by atoms with van der Waals surface area (Å²) in [6.45, 7) is 5.48. The van der Waals surface area contributed by atoms with E-state index in [-0.39, 0.29) is 12.5 Å². The van der Waals surface area contributed by atoms with Gasteiger partial charge in [-0.15, -0.1) is 0 Å². The average Bonchev–Trinajstić information content (AvgIpc) is 2.61. The second kappa shape index (κ2) is 7.06. The van der Waals surface area contributed by atoms with Crippen LogP contribution in [0.1, 0.15) is 31.0 Å². The standard InChI is InChI=1S/C12H21N3O2/c1-4-5-6-17-12(16)9-13-7-11-8-14-15(3)10(11)2/h8,13H,4-7,9H2,1-3H3.